The number of rotatable bonds is 4. The monoisotopic (exact) mass is 371 g/mol. The smallest absolute Gasteiger partial charge is 0.314 e. The Morgan fingerprint density at radius 1 is 1.43 bits per heavy atom. The van der Waals surface area contributed by atoms with E-state index < -0.39 is 0 Å². The van der Waals surface area contributed by atoms with Crippen molar-refractivity contribution in [3.8, 4) is 0 Å². The molecule has 1 aliphatic heterocycles. The summed E-state index contributed by atoms with van der Waals surface area (Å²) < 4.78 is 1.22. The van der Waals surface area contributed by atoms with Crippen LogP contribution in [0.1, 0.15) is 37.0 Å². The lowest BCUT2D eigenvalue weighted by Gasteiger charge is -2.43. The summed E-state index contributed by atoms with van der Waals surface area (Å²) in [4.78, 5) is 14.4. The van der Waals surface area contributed by atoms with Gasteiger partial charge in [0.2, 0.25) is 0 Å². The summed E-state index contributed by atoms with van der Waals surface area (Å²) in [6.45, 7) is 2.62. The minimum atomic E-state index is -0.285. The fourth-order valence-corrected chi connectivity index (χ4v) is 4.99. The Morgan fingerprint density at radius 2 is 2.14 bits per heavy atom. The zero-order valence-electron chi connectivity index (χ0n) is 12.1. The maximum Gasteiger partial charge on any atom is 0.314 e. The molecule has 1 aromatic heterocycles. The van der Waals surface area contributed by atoms with Gasteiger partial charge < -0.3 is 16.0 Å². The van der Waals surface area contributed by atoms with Crippen LogP contribution < -0.4 is 11.1 Å². The quantitative estimate of drug-likeness (QED) is 0.854. The molecule has 2 heterocycles. The van der Waals surface area contributed by atoms with Crippen molar-refractivity contribution in [2.75, 3.05) is 19.6 Å². The van der Waals surface area contributed by atoms with Gasteiger partial charge >= 0.3 is 6.03 Å². The fourth-order valence-electron chi connectivity index (χ4n) is 3.36. The Bertz CT molecular complexity index is 507. The van der Waals surface area contributed by atoms with E-state index in [4.69, 9.17) is 5.73 Å². The average molecular weight is 372 g/mol. The number of amides is 2. The molecule has 1 saturated carbocycles. The molecule has 0 spiro atoms. The second-order valence-electron chi connectivity index (χ2n) is 6.22. The average Bonchev–Trinajstić information content (AvgIpc) is 2.85. The Hall–Kier alpha value is -0.590. The van der Waals surface area contributed by atoms with E-state index in [1.807, 2.05) is 11.3 Å². The minimum Gasteiger partial charge on any atom is -0.351 e. The number of piperidine rings is 1. The molecule has 3 rings (SSSR count). The molecule has 2 amide bonds. The number of thiophene rings is 1. The molecule has 1 aromatic rings. The lowest BCUT2D eigenvalue weighted by atomic mass is 9.67. The predicted octanol–water partition coefficient (Wildman–Crippen LogP) is 3.07. The third-order valence-corrected chi connectivity index (χ3v) is 6.81. The van der Waals surface area contributed by atoms with Crippen LogP contribution in [0.25, 0.3) is 0 Å². The van der Waals surface area contributed by atoms with Gasteiger partial charge in [-0.1, -0.05) is 6.42 Å². The van der Waals surface area contributed by atoms with Crippen LogP contribution in [0.15, 0.2) is 15.9 Å². The van der Waals surface area contributed by atoms with E-state index in [0.717, 1.165) is 32.5 Å². The summed E-state index contributed by atoms with van der Waals surface area (Å²) in [6, 6.07) is 4.66. The third-order valence-electron chi connectivity index (χ3n) is 4.94. The van der Waals surface area contributed by atoms with Crippen LogP contribution in [-0.4, -0.2) is 36.6 Å². The number of nitrogens with one attached hydrogen (secondary N) is 1. The van der Waals surface area contributed by atoms with Gasteiger partial charge in [-0.05, 0) is 53.7 Å². The van der Waals surface area contributed by atoms with E-state index in [9.17, 15) is 4.79 Å². The van der Waals surface area contributed by atoms with Gasteiger partial charge in [0, 0.05) is 36.0 Å². The van der Waals surface area contributed by atoms with Gasteiger partial charge in [0.25, 0.3) is 0 Å². The summed E-state index contributed by atoms with van der Waals surface area (Å²) in [6.07, 6.45) is 5.91. The maximum atomic E-state index is 11.1. The van der Waals surface area contributed by atoms with Crippen molar-refractivity contribution in [2.24, 2.45) is 5.73 Å². The van der Waals surface area contributed by atoms with Crippen molar-refractivity contribution in [3.63, 3.8) is 0 Å². The van der Waals surface area contributed by atoms with Crippen molar-refractivity contribution in [2.45, 2.75) is 43.6 Å². The van der Waals surface area contributed by atoms with Crippen molar-refractivity contribution >= 4 is 33.3 Å². The molecule has 1 aliphatic carbocycles. The van der Waals surface area contributed by atoms with Gasteiger partial charge in [-0.2, -0.15) is 0 Å². The molecule has 4 nitrogen and oxygen atoms in total. The predicted molar refractivity (Wildman–Crippen MR) is 89.7 cm³/mol. The highest BCUT2D eigenvalue weighted by atomic mass is 79.9. The summed E-state index contributed by atoms with van der Waals surface area (Å²) >= 11 is 5.44. The Kier molecular flexibility index (Phi) is 4.57. The first-order valence-electron chi connectivity index (χ1n) is 7.63. The molecule has 6 heteroatoms. The highest BCUT2D eigenvalue weighted by Crippen LogP contribution is 2.46. The number of primary amides is 1. The van der Waals surface area contributed by atoms with Crippen molar-refractivity contribution in [3.05, 3.63) is 20.8 Å². The van der Waals surface area contributed by atoms with Crippen LogP contribution in [-0.2, 0) is 5.41 Å². The van der Waals surface area contributed by atoms with Gasteiger partial charge in [-0.15, -0.1) is 11.3 Å². The Morgan fingerprint density at radius 3 is 2.62 bits per heavy atom. The summed E-state index contributed by atoms with van der Waals surface area (Å²) in [7, 11) is 0. The number of carbonyl (C=O) groups is 1. The number of hydrogen-bond donors (Lipinski definition) is 2. The van der Waals surface area contributed by atoms with E-state index in [-0.39, 0.29) is 6.03 Å². The first-order valence-corrected chi connectivity index (χ1v) is 9.24. The molecular weight excluding hydrogens is 350 g/mol. The van der Waals surface area contributed by atoms with Crippen LogP contribution in [0.4, 0.5) is 4.79 Å². The van der Waals surface area contributed by atoms with E-state index in [2.05, 4.69) is 33.4 Å². The zero-order chi connectivity index (χ0) is 14.9. The molecule has 21 heavy (non-hydrogen) atoms. The second-order valence-corrected chi connectivity index (χ2v) is 8.68. The summed E-state index contributed by atoms with van der Waals surface area (Å²) in [5.41, 5.74) is 5.67. The maximum absolute atomic E-state index is 11.1. The first kappa shape index (κ1) is 15.3. The normalized spacial score (nSPS) is 22.0. The zero-order valence-corrected chi connectivity index (χ0v) is 14.5. The van der Waals surface area contributed by atoms with Crippen LogP contribution in [0, 0.1) is 0 Å². The molecule has 116 valence electrons. The Labute approximate surface area is 138 Å². The highest BCUT2D eigenvalue weighted by molar-refractivity contribution is 9.11. The number of likely N-dealkylation sites (tertiary alicyclic amines) is 1. The van der Waals surface area contributed by atoms with Crippen molar-refractivity contribution in [1.29, 1.82) is 0 Å². The van der Waals surface area contributed by atoms with Crippen molar-refractivity contribution in [1.82, 2.24) is 10.2 Å². The molecule has 0 radical (unpaired) electrons. The lowest BCUT2D eigenvalue weighted by molar-refractivity contribution is 0.175. The van der Waals surface area contributed by atoms with Crippen LogP contribution in [0.5, 0.6) is 0 Å². The van der Waals surface area contributed by atoms with Gasteiger partial charge in [0.15, 0.2) is 0 Å². The minimum absolute atomic E-state index is 0.285. The number of nitrogens with zero attached hydrogens (tertiary/aromatic N) is 1. The van der Waals surface area contributed by atoms with Crippen LogP contribution in [0.2, 0.25) is 0 Å². The molecule has 1 saturated heterocycles. The number of hydrogen-bond acceptors (Lipinski definition) is 3. The van der Waals surface area contributed by atoms with Crippen molar-refractivity contribution < 1.29 is 4.79 Å². The molecule has 0 bridgehead atoms. The molecular formula is C15H22BrN3OS. The first-order chi connectivity index (χ1) is 10.1. The summed E-state index contributed by atoms with van der Waals surface area (Å²) in [5, 5.41) is 3.74. The topological polar surface area (TPSA) is 58.4 Å². The molecule has 0 unspecified atom stereocenters. The highest BCUT2D eigenvalue weighted by Gasteiger charge is 2.40. The summed E-state index contributed by atoms with van der Waals surface area (Å²) in [5.74, 6) is 0. The molecule has 2 aliphatic rings. The van der Waals surface area contributed by atoms with Gasteiger partial charge in [0.1, 0.15) is 0 Å². The van der Waals surface area contributed by atoms with Crippen LogP contribution >= 0.6 is 27.3 Å². The number of halogens is 1. The van der Waals surface area contributed by atoms with Gasteiger partial charge in [-0.3, -0.25) is 0 Å². The number of carbonyl (C=O) groups excluding carboxylic acids is 1. The number of nitrogens with two attached hydrogens (primary N) is 1. The SMILES string of the molecule is NC(=O)N1CCC(NCC2(c3ccc(Br)s3)CCC2)CC1. The lowest BCUT2D eigenvalue weighted by Crippen LogP contribution is -2.51. The van der Waals surface area contributed by atoms with E-state index in [0.29, 0.717) is 11.5 Å². The third kappa shape index (κ3) is 3.27. The van der Waals surface area contributed by atoms with Crippen LogP contribution in [0.3, 0.4) is 0 Å². The van der Waals surface area contributed by atoms with E-state index in [1.165, 1.54) is 27.9 Å². The fraction of sp³-hybridized carbons (Fsp3) is 0.667. The molecule has 3 N–H and O–H groups in total. The molecule has 0 aromatic carbocycles. The van der Waals surface area contributed by atoms with Gasteiger partial charge in [-0.25, -0.2) is 4.79 Å². The van der Waals surface area contributed by atoms with E-state index in [1.54, 1.807) is 4.90 Å². The van der Waals surface area contributed by atoms with E-state index >= 15 is 0 Å². The second kappa shape index (κ2) is 6.26. The molecule has 0 atom stereocenters. The largest absolute Gasteiger partial charge is 0.351 e. The standard InChI is InChI=1S/C15H22BrN3OS/c16-13-3-2-12(21-13)15(6-1-7-15)10-18-11-4-8-19(9-5-11)14(17)20/h2-3,11,18H,1,4-10H2,(H2,17,20). The molecule has 2 fully saturated rings. The van der Waals surface area contributed by atoms with Gasteiger partial charge in [0.05, 0.1) is 3.79 Å². The number of urea groups is 1. The Balaban J connectivity index is 1.54.